The van der Waals surface area contributed by atoms with Gasteiger partial charge in [-0.05, 0) is 48.2 Å². The second-order valence-electron chi connectivity index (χ2n) is 5.69. The van der Waals surface area contributed by atoms with Crippen LogP contribution >= 0.6 is 0 Å². The number of anilines is 1. The molecule has 0 unspecified atom stereocenters. The van der Waals surface area contributed by atoms with E-state index in [2.05, 4.69) is 37.9 Å². The lowest BCUT2D eigenvalue weighted by molar-refractivity contribution is 0.873. The largest absolute Gasteiger partial charge is 0.398 e. The smallest absolute Gasteiger partial charge is 0.0767 e. The number of rotatable bonds is 2. The van der Waals surface area contributed by atoms with Crippen LogP contribution in [0.5, 0.6) is 0 Å². The van der Waals surface area contributed by atoms with E-state index in [1.807, 2.05) is 24.4 Å². The summed E-state index contributed by atoms with van der Waals surface area (Å²) in [6.07, 6.45) is 3.61. The summed E-state index contributed by atoms with van der Waals surface area (Å²) in [7, 11) is 0. The Bertz CT molecular complexity index is 792. The van der Waals surface area contributed by atoms with Crippen molar-refractivity contribution in [3.05, 3.63) is 53.9 Å². The molecule has 0 spiro atoms. The van der Waals surface area contributed by atoms with Crippen molar-refractivity contribution in [3.63, 3.8) is 0 Å². The number of nitrogens with zero attached hydrogens (tertiary/aromatic N) is 2. The highest BCUT2D eigenvalue weighted by Crippen LogP contribution is 2.32. The van der Waals surface area contributed by atoms with Crippen molar-refractivity contribution in [1.29, 1.82) is 0 Å². The van der Waals surface area contributed by atoms with Crippen LogP contribution in [0.3, 0.4) is 0 Å². The van der Waals surface area contributed by atoms with E-state index in [1.54, 1.807) is 6.20 Å². The average molecular weight is 277 g/mol. The first-order valence-electron chi connectivity index (χ1n) is 7.18. The number of aromatic nitrogens is 2. The van der Waals surface area contributed by atoms with E-state index in [9.17, 15) is 0 Å². The molecule has 0 aliphatic rings. The molecule has 21 heavy (non-hydrogen) atoms. The molecule has 3 heteroatoms. The van der Waals surface area contributed by atoms with Crippen LogP contribution in [-0.4, -0.2) is 9.97 Å². The first kappa shape index (κ1) is 13.6. The highest BCUT2D eigenvalue weighted by atomic mass is 14.7. The minimum atomic E-state index is 0.407. The molecule has 0 saturated carbocycles. The number of aryl methyl sites for hydroxylation is 1. The molecule has 0 aliphatic heterocycles. The van der Waals surface area contributed by atoms with E-state index in [0.29, 0.717) is 5.92 Å². The fourth-order valence-electron chi connectivity index (χ4n) is 2.72. The third kappa shape index (κ3) is 2.35. The van der Waals surface area contributed by atoms with Gasteiger partial charge in [0.1, 0.15) is 0 Å². The van der Waals surface area contributed by atoms with E-state index in [0.717, 1.165) is 33.4 Å². The molecular formula is C18H19N3. The second kappa shape index (κ2) is 5.17. The highest BCUT2D eigenvalue weighted by Gasteiger charge is 2.13. The van der Waals surface area contributed by atoms with Crippen LogP contribution in [0.15, 0.2) is 42.7 Å². The number of nitrogen functional groups attached to an aromatic ring is 1. The monoisotopic (exact) mass is 277 g/mol. The topological polar surface area (TPSA) is 51.8 Å². The SMILES string of the molecule is Cc1cc(-c2cccnc2)nc2c(C(C)C)ccc(N)c12. The van der Waals surface area contributed by atoms with Crippen molar-refractivity contribution < 1.29 is 0 Å². The Labute approximate surface area is 124 Å². The molecule has 106 valence electrons. The van der Waals surface area contributed by atoms with E-state index in [-0.39, 0.29) is 0 Å². The Morgan fingerprint density at radius 1 is 1.14 bits per heavy atom. The van der Waals surface area contributed by atoms with E-state index in [4.69, 9.17) is 10.7 Å². The summed E-state index contributed by atoms with van der Waals surface area (Å²) in [5.41, 5.74) is 12.3. The van der Waals surface area contributed by atoms with Crippen LogP contribution in [0.2, 0.25) is 0 Å². The summed E-state index contributed by atoms with van der Waals surface area (Å²) in [6.45, 7) is 6.45. The maximum absolute atomic E-state index is 6.16. The molecule has 3 rings (SSSR count). The zero-order chi connectivity index (χ0) is 15.0. The van der Waals surface area contributed by atoms with Gasteiger partial charge in [0.25, 0.3) is 0 Å². The minimum absolute atomic E-state index is 0.407. The lowest BCUT2D eigenvalue weighted by Crippen LogP contribution is -1.99. The third-order valence-corrected chi connectivity index (χ3v) is 3.80. The summed E-state index contributed by atoms with van der Waals surface area (Å²) in [5, 5.41) is 1.06. The number of nitrogens with two attached hydrogens (primary N) is 1. The lowest BCUT2D eigenvalue weighted by Gasteiger charge is -2.14. The standard InChI is InChI=1S/C18H19N3/c1-11(2)14-6-7-15(19)17-12(3)9-16(21-18(14)17)13-5-4-8-20-10-13/h4-11H,19H2,1-3H3. The van der Waals surface area contributed by atoms with E-state index < -0.39 is 0 Å². The van der Waals surface area contributed by atoms with Crippen molar-refractivity contribution in [3.8, 4) is 11.3 Å². The van der Waals surface area contributed by atoms with Gasteiger partial charge in [-0.15, -0.1) is 0 Å². The fourth-order valence-corrected chi connectivity index (χ4v) is 2.72. The number of fused-ring (bicyclic) bond motifs is 1. The second-order valence-corrected chi connectivity index (χ2v) is 5.69. The number of hydrogen-bond donors (Lipinski definition) is 1. The van der Waals surface area contributed by atoms with Gasteiger partial charge in [-0.2, -0.15) is 0 Å². The molecule has 0 bridgehead atoms. The summed E-state index contributed by atoms with van der Waals surface area (Å²) >= 11 is 0. The van der Waals surface area contributed by atoms with Gasteiger partial charge < -0.3 is 5.73 Å². The zero-order valence-corrected chi connectivity index (χ0v) is 12.6. The summed E-state index contributed by atoms with van der Waals surface area (Å²) in [6, 6.07) is 10.1. The van der Waals surface area contributed by atoms with Crippen molar-refractivity contribution in [2.45, 2.75) is 26.7 Å². The third-order valence-electron chi connectivity index (χ3n) is 3.80. The molecule has 2 N–H and O–H groups in total. The van der Waals surface area contributed by atoms with Crippen LogP contribution in [0.25, 0.3) is 22.2 Å². The maximum Gasteiger partial charge on any atom is 0.0767 e. The molecule has 0 atom stereocenters. The molecule has 1 aromatic carbocycles. The van der Waals surface area contributed by atoms with Gasteiger partial charge in [0, 0.05) is 29.0 Å². The highest BCUT2D eigenvalue weighted by molar-refractivity contribution is 5.96. The Morgan fingerprint density at radius 2 is 1.95 bits per heavy atom. The van der Waals surface area contributed by atoms with Crippen LogP contribution < -0.4 is 5.73 Å². The zero-order valence-electron chi connectivity index (χ0n) is 12.6. The molecule has 0 saturated heterocycles. The van der Waals surface area contributed by atoms with Gasteiger partial charge in [-0.3, -0.25) is 4.98 Å². The Balaban J connectivity index is 2.35. The fraction of sp³-hybridized carbons (Fsp3) is 0.222. The van der Waals surface area contributed by atoms with E-state index in [1.165, 1.54) is 5.56 Å². The van der Waals surface area contributed by atoms with Crippen molar-refractivity contribution in [2.24, 2.45) is 0 Å². The maximum atomic E-state index is 6.16. The van der Waals surface area contributed by atoms with Gasteiger partial charge >= 0.3 is 0 Å². The van der Waals surface area contributed by atoms with Crippen molar-refractivity contribution >= 4 is 16.6 Å². The first-order valence-corrected chi connectivity index (χ1v) is 7.18. The average Bonchev–Trinajstić information content (AvgIpc) is 2.47. The van der Waals surface area contributed by atoms with Crippen molar-refractivity contribution in [2.75, 3.05) is 5.73 Å². The minimum Gasteiger partial charge on any atom is -0.398 e. The summed E-state index contributed by atoms with van der Waals surface area (Å²) in [4.78, 5) is 9.05. The van der Waals surface area contributed by atoms with Gasteiger partial charge in [-0.1, -0.05) is 19.9 Å². The Hall–Kier alpha value is -2.42. The molecule has 3 nitrogen and oxygen atoms in total. The van der Waals surface area contributed by atoms with Crippen LogP contribution in [0.1, 0.15) is 30.9 Å². The predicted molar refractivity (Wildman–Crippen MR) is 88.2 cm³/mol. The predicted octanol–water partition coefficient (Wildman–Crippen LogP) is 4.31. The first-order chi connectivity index (χ1) is 10.1. The normalized spacial score (nSPS) is 11.2. The Kier molecular flexibility index (Phi) is 3.34. The molecule has 2 heterocycles. The van der Waals surface area contributed by atoms with Gasteiger partial charge in [0.05, 0.1) is 11.2 Å². The molecule has 0 radical (unpaired) electrons. The van der Waals surface area contributed by atoms with Gasteiger partial charge in [0.2, 0.25) is 0 Å². The molecule has 0 fully saturated rings. The van der Waals surface area contributed by atoms with Gasteiger partial charge in [-0.25, -0.2) is 4.98 Å². The number of benzene rings is 1. The lowest BCUT2D eigenvalue weighted by atomic mass is 9.96. The number of pyridine rings is 2. The molecular weight excluding hydrogens is 258 g/mol. The number of hydrogen-bond acceptors (Lipinski definition) is 3. The van der Waals surface area contributed by atoms with Crippen LogP contribution in [-0.2, 0) is 0 Å². The Morgan fingerprint density at radius 3 is 2.62 bits per heavy atom. The van der Waals surface area contributed by atoms with Crippen molar-refractivity contribution in [1.82, 2.24) is 9.97 Å². The quantitative estimate of drug-likeness (QED) is 0.710. The molecule has 0 aliphatic carbocycles. The summed E-state index contributed by atoms with van der Waals surface area (Å²) in [5.74, 6) is 0.407. The van der Waals surface area contributed by atoms with Crippen LogP contribution in [0.4, 0.5) is 5.69 Å². The summed E-state index contributed by atoms with van der Waals surface area (Å²) < 4.78 is 0. The van der Waals surface area contributed by atoms with Crippen LogP contribution in [0, 0.1) is 6.92 Å². The van der Waals surface area contributed by atoms with Gasteiger partial charge in [0.15, 0.2) is 0 Å². The molecule has 0 amide bonds. The molecule has 3 aromatic rings. The molecule has 2 aromatic heterocycles. The van der Waals surface area contributed by atoms with E-state index >= 15 is 0 Å².